The fraction of sp³-hybridized carbons (Fsp3) is 0.158. The van der Waals surface area contributed by atoms with Crippen LogP contribution in [0, 0.1) is 15.9 Å². The van der Waals surface area contributed by atoms with Crippen LogP contribution in [-0.2, 0) is 16.1 Å². The summed E-state index contributed by atoms with van der Waals surface area (Å²) in [5.41, 5.74) is 1.23. The first-order valence-corrected chi connectivity index (χ1v) is 9.13. The number of nitro benzene ring substituents is 1. The maximum atomic E-state index is 13.1. The third-order valence-corrected chi connectivity index (χ3v) is 4.99. The molecule has 2 aromatic rings. The Hall–Kier alpha value is -3.00. The third kappa shape index (κ3) is 3.75. The van der Waals surface area contributed by atoms with Crippen LogP contribution in [0.2, 0.25) is 0 Å². The number of carbonyl (C=O) groups excluding carboxylic acids is 2. The minimum absolute atomic E-state index is 0.0300. The Morgan fingerprint density at radius 2 is 1.67 bits per heavy atom. The smallest absolute Gasteiger partial charge is 0.269 e. The van der Waals surface area contributed by atoms with Crippen molar-refractivity contribution in [3.8, 4) is 0 Å². The molecule has 1 aliphatic rings. The molecule has 0 aliphatic carbocycles. The van der Waals surface area contributed by atoms with Gasteiger partial charge in [0.1, 0.15) is 5.82 Å². The minimum Gasteiger partial charge on any atom is -0.269 e. The predicted octanol–water partition coefficient (Wildman–Crippen LogP) is 3.77. The zero-order valence-corrected chi connectivity index (χ0v) is 15.2. The second-order valence-electron chi connectivity index (χ2n) is 5.76. The molecular weight excluding hydrogens is 371 g/mol. The predicted molar refractivity (Wildman–Crippen MR) is 100 cm³/mol. The number of nitro groups is 1. The highest BCUT2D eigenvalue weighted by Gasteiger charge is 2.39. The molecule has 1 heterocycles. The van der Waals surface area contributed by atoms with Gasteiger partial charge in [0, 0.05) is 12.1 Å². The van der Waals surface area contributed by atoms with Gasteiger partial charge in [-0.3, -0.25) is 24.6 Å². The number of benzene rings is 2. The topological polar surface area (TPSA) is 80.5 Å². The molecule has 1 aliphatic heterocycles. The summed E-state index contributed by atoms with van der Waals surface area (Å²) in [6, 6.07) is 11.1. The van der Waals surface area contributed by atoms with Gasteiger partial charge in [0.25, 0.3) is 17.5 Å². The number of hydrogen-bond donors (Lipinski definition) is 0. The Morgan fingerprint density at radius 3 is 2.22 bits per heavy atom. The lowest BCUT2D eigenvalue weighted by Crippen LogP contribution is -2.30. The summed E-state index contributed by atoms with van der Waals surface area (Å²) in [4.78, 5) is 37.4. The van der Waals surface area contributed by atoms with Gasteiger partial charge in [0.15, 0.2) is 0 Å². The Kier molecular flexibility index (Phi) is 5.36. The van der Waals surface area contributed by atoms with E-state index >= 15 is 0 Å². The molecule has 0 radical (unpaired) electrons. The average Bonchev–Trinajstić information content (AvgIpc) is 2.88. The van der Waals surface area contributed by atoms with Gasteiger partial charge < -0.3 is 0 Å². The maximum Gasteiger partial charge on any atom is 0.269 e. The molecule has 0 N–H and O–H groups in total. The van der Waals surface area contributed by atoms with Gasteiger partial charge in [0.2, 0.25) is 0 Å². The number of nitrogens with zero attached hydrogens (tertiary/aromatic N) is 2. The van der Waals surface area contributed by atoms with E-state index in [0.717, 1.165) is 4.90 Å². The van der Waals surface area contributed by atoms with Crippen molar-refractivity contribution in [2.45, 2.75) is 13.5 Å². The van der Waals surface area contributed by atoms with Crippen LogP contribution >= 0.6 is 11.8 Å². The first-order valence-electron chi connectivity index (χ1n) is 8.15. The van der Waals surface area contributed by atoms with Crippen LogP contribution in [0.25, 0.3) is 5.57 Å². The first kappa shape index (κ1) is 18.8. The molecular formula is C19H15FN2O4S. The van der Waals surface area contributed by atoms with Gasteiger partial charge in [0.05, 0.1) is 21.9 Å². The highest BCUT2D eigenvalue weighted by Crippen LogP contribution is 2.37. The van der Waals surface area contributed by atoms with Gasteiger partial charge in [-0.25, -0.2) is 4.39 Å². The standard InChI is InChI=1S/C19H15FN2O4S/c1-2-27-17-16(13-5-9-15(10-6-13)22(25)26)18(23)21(19(17)24)11-12-3-7-14(20)8-4-12/h3-10H,2,11H2,1H3. The van der Waals surface area contributed by atoms with E-state index in [1.165, 1.54) is 60.3 Å². The SMILES string of the molecule is CCSC1=C(c2ccc([N+](=O)[O-])cc2)C(=O)N(Cc2ccc(F)cc2)C1=O. The fourth-order valence-electron chi connectivity index (χ4n) is 2.75. The van der Waals surface area contributed by atoms with Crippen LogP contribution in [0.4, 0.5) is 10.1 Å². The van der Waals surface area contributed by atoms with E-state index in [9.17, 15) is 24.1 Å². The maximum absolute atomic E-state index is 13.1. The highest BCUT2D eigenvalue weighted by atomic mass is 32.2. The number of halogens is 1. The van der Waals surface area contributed by atoms with Gasteiger partial charge in [-0.2, -0.15) is 0 Å². The Bertz CT molecular complexity index is 939. The van der Waals surface area contributed by atoms with E-state index in [1.54, 1.807) is 0 Å². The normalized spacial score (nSPS) is 14.2. The minimum atomic E-state index is -0.525. The van der Waals surface area contributed by atoms with Gasteiger partial charge >= 0.3 is 0 Å². The van der Waals surface area contributed by atoms with Crippen molar-refractivity contribution in [1.29, 1.82) is 0 Å². The summed E-state index contributed by atoms with van der Waals surface area (Å²) >= 11 is 1.25. The fourth-order valence-corrected chi connectivity index (χ4v) is 3.62. The van der Waals surface area contributed by atoms with Crippen molar-refractivity contribution >= 4 is 34.8 Å². The Labute approximate surface area is 158 Å². The molecule has 2 aromatic carbocycles. The average molecular weight is 386 g/mol. The molecule has 0 unspecified atom stereocenters. The lowest BCUT2D eigenvalue weighted by atomic mass is 10.1. The number of amides is 2. The second-order valence-corrected chi connectivity index (χ2v) is 7.04. The van der Waals surface area contributed by atoms with E-state index in [-0.39, 0.29) is 17.8 Å². The molecule has 0 spiro atoms. The van der Waals surface area contributed by atoms with Crippen molar-refractivity contribution in [2.75, 3.05) is 5.75 Å². The Balaban J connectivity index is 1.95. The first-order chi connectivity index (χ1) is 12.9. The van der Waals surface area contributed by atoms with E-state index in [0.29, 0.717) is 21.8 Å². The number of non-ortho nitro benzene ring substituents is 1. The lowest BCUT2D eigenvalue weighted by Gasteiger charge is -2.15. The van der Waals surface area contributed by atoms with Crippen LogP contribution in [0.1, 0.15) is 18.1 Å². The van der Waals surface area contributed by atoms with Gasteiger partial charge in [-0.15, -0.1) is 11.8 Å². The molecule has 2 amide bonds. The summed E-state index contributed by atoms with van der Waals surface area (Å²) in [5, 5.41) is 10.8. The number of rotatable bonds is 6. The number of carbonyl (C=O) groups is 2. The summed E-state index contributed by atoms with van der Waals surface area (Å²) in [5.74, 6) is -0.682. The molecule has 0 aromatic heterocycles. The molecule has 6 nitrogen and oxygen atoms in total. The molecule has 27 heavy (non-hydrogen) atoms. The van der Waals surface area contributed by atoms with Crippen LogP contribution < -0.4 is 0 Å². The van der Waals surface area contributed by atoms with Crippen molar-refractivity contribution in [3.63, 3.8) is 0 Å². The number of thioether (sulfide) groups is 1. The van der Waals surface area contributed by atoms with Crippen molar-refractivity contribution in [1.82, 2.24) is 4.90 Å². The number of hydrogen-bond acceptors (Lipinski definition) is 5. The molecule has 3 rings (SSSR count). The molecule has 8 heteroatoms. The van der Waals surface area contributed by atoms with Crippen molar-refractivity contribution < 1.29 is 18.9 Å². The van der Waals surface area contributed by atoms with E-state index < -0.39 is 22.6 Å². The van der Waals surface area contributed by atoms with Gasteiger partial charge in [-0.05, 0) is 41.1 Å². The van der Waals surface area contributed by atoms with Crippen LogP contribution in [-0.4, -0.2) is 27.4 Å². The lowest BCUT2D eigenvalue weighted by molar-refractivity contribution is -0.384. The second kappa shape index (κ2) is 7.71. The van der Waals surface area contributed by atoms with Crippen LogP contribution in [0.15, 0.2) is 53.4 Å². The molecule has 138 valence electrons. The summed E-state index contributed by atoms with van der Waals surface area (Å²) in [6.45, 7) is 1.90. The van der Waals surface area contributed by atoms with Crippen LogP contribution in [0.3, 0.4) is 0 Å². The van der Waals surface area contributed by atoms with Crippen molar-refractivity contribution in [3.05, 3.63) is 80.5 Å². The summed E-state index contributed by atoms with van der Waals surface area (Å²) in [6.07, 6.45) is 0. The zero-order chi connectivity index (χ0) is 19.6. The molecule has 0 atom stereocenters. The number of imide groups is 1. The van der Waals surface area contributed by atoms with Gasteiger partial charge in [-0.1, -0.05) is 19.1 Å². The highest BCUT2D eigenvalue weighted by molar-refractivity contribution is 8.04. The van der Waals surface area contributed by atoms with Crippen molar-refractivity contribution in [2.24, 2.45) is 0 Å². The monoisotopic (exact) mass is 386 g/mol. The largest absolute Gasteiger partial charge is 0.269 e. The van der Waals surface area contributed by atoms with E-state index in [1.807, 2.05) is 6.92 Å². The quantitative estimate of drug-likeness (QED) is 0.429. The molecule has 0 bridgehead atoms. The summed E-state index contributed by atoms with van der Waals surface area (Å²) in [7, 11) is 0. The summed E-state index contributed by atoms with van der Waals surface area (Å²) < 4.78 is 13.1. The van der Waals surface area contributed by atoms with E-state index in [2.05, 4.69) is 0 Å². The molecule has 0 fully saturated rings. The molecule has 0 saturated carbocycles. The third-order valence-electron chi connectivity index (χ3n) is 4.03. The van der Waals surface area contributed by atoms with E-state index in [4.69, 9.17) is 0 Å². The zero-order valence-electron chi connectivity index (χ0n) is 14.3. The Morgan fingerprint density at radius 1 is 1.04 bits per heavy atom. The molecule has 0 saturated heterocycles. The van der Waals surface area contributed by atoms with Crippen LogP contribution in [0.5, 0.6) is 0 Å².